The number of benzene rings is 1. The fourth-order valence-corrected chi connectivity index (χ4v) is 7.96. The van der Waals surface area contributed by atoms with E-state index in [1.54, 1.807) is 11.3 Å². The van der Waals surface area contributed by atoms with E-state index in [4.69, 9.17) is 16.3 Å². The van der Waals surface area contributed by atoms with Gasteiger partial charge in [-0.2, -0.15) is 0 Å². The zero-order chi connectivity index (χ0) is 23.0. The molecule has 2 aromatic heterocycles. The largest absolute Gasteiger partial charge is 0.371 e. The van der Waals surface area contributed by atoms with Gasteiger partial charge in [0.1, 0.15) is 16.4 Å². The fraction of sp³-hybridized carbons (Fsp3) is 0.480. The lowest BCUT2D eigenvalue weighted by molar-refractivity contribution is -0.161. The third kappa shape index (κ3) is 3.05. The van der Waals surface area contributed by atoms with Crippen LogP contribution in [0, 0.1) is 12.8 Å². The lowest BCUT2D eigenvalue weighted by Crippen LogP contribution is -2.64. The molecule has 176 valence electrons. The van der Waals surface area contributed by atoms with Gasteiger partial charge in [0.15, 0.2) is 5.82 Å². The molecule has 0 bridgehead atoms. The molecule has 3 aliphatic heterocycles. The Bertz CT molecular complexity index is 1300. The van der Waals surface area contributed by atoms with E-state index in [1.807, 2.05) is 30.0 Å². The monoisotopic (exact) mass is 495 g/mol. The van der Waals surface area contributed by atoms with E-state index in [1.165, 1.54) is 16.0 Å². The van der Waals surface area contributed by atoms with Gasteiger partial charge in [0.2, 0.25) is 5.91 Å². The first-order valence-corrected chi connectivity index (χ1v) is 13.2. The van der Waals surface area contributed by atoms with Crippen molar-refractivity contribution in [1.29, 1.82) is 0 Å². The number of fused-ring (bicyclic) bond motifs is 5. The molecule has 2 atom stereocenters. The molecule has 7 nitrogen and oxygen atoms in total. The number of thiophene rings is 1. The topological polar surface area (TPSA) is 72.3 Å². The smallest absolute Gasteiger partial charge is 0.226 e. The maximum absolute atomic E-state index is 13.4. The van der Waals surface area contributed by atoms with Crippen LogP contribution in [0.5, 0.6) is 0 Å². The Hall–Kier alpha value is -2.26. The molecule has 5 heterocycles. The second-order valence-electron chi connectivity index (χ2n) is 9.99. The highest BCUT2D eigenvalue weighted by molar-refractivity contribution is 7.15. The van der Waals surface area contributed by atoms with Crippen LogP contribution in [0.15, 0.2) is 24.3 Å². The van der Waals surface area contributed by atoms with Crippen LogP contribution in [0.2, 0.25) is 5.02 Å². The first-order chi connectivity index (χ1) is 16.5. The van der Waals surface area contributed by atoms with Gasteiger partial charge in [-0.05, 0) is 49.8 Å². The molecule has 34 heavy (non-hydrogen) atoms. The molecule has 1 aromatic carbocycles. The summed E-state index contributed by atoms with van der Waals surface area (Å²) in [7, 11) is 0. The highest BCUT2D eigenvalue weighted by atomic mass is 35.5. The number of aromatic nitrogens is 3. The zero-order valence-corrected chi connectivity index (χ0v) is 20.6. The van der Waals surface area contributed by atoms with Crippen molar-refractivity contribution in [2.75, 3.05) is 19.7 Å². The van der Waals surface area contributed by atoms with Crippen molar-refractivity contribution >= 4 is 28.8 Å². The number of amides is 1. The van der Waals surface area contributed by atoms with Crippen molar-refractivity contribution in [2.45, 2.75) is 50.8 Å². The minimum atomic E-state index is -0.0580. The van der Waals surface area contributed by atoms with Crippen LogP contribution in [-0.2, 0) is 28.9 Å². The van der Waals surface area contributed by atoms with Gasteiger partial charge in [0.05, 0.1) is 25.7 Å². The lowest BCUT2D eigenvalue weighted by Gasteiger charge is -2.47. The third-order valence-corrected chi connectivity index (χ3v) is 9.46. The summed E-state index contributed by atoms with van der Waals surface area (Å²) < 4.78 is 8.11. The molecule has 3 aromatic rings. The maximum Gasteiger partial charge on any atom is 0.226 e. The van der Waals surface area contributed by atoms with Crippen LogP contribution < -0.4 is 5.32 Å². The Morgan fingerprint density at radius 1 is 1.26 bits per heavy atom. The molecule has 2 saturated heterocycles. The number of likely N-dealkylation sites (tertiary alicyclic amines) is 1. The van der Waals surface area contributed by atoms with Gasteiger partial charge in [0, 0.05) is 28.0 Å². The number of hydrogen-bond acceptors (Lipinski definition) is 6. The predicted octanol–water partition coefficient (Wildman–Crippen LogP) is 3.59. The first-order valence-electron chi connectivity index (χ1n) is 12.0. The third-order valence-electron chi connectivity index (χ3n) is 7.86. The summed E-state index contributed by atoms with van der Waals surface area (Å²) >= 11 is 8.46. The summed E-state index contributed by atoms with van der Waals surface area (Å²) in [6.45, 7) is 4.93. The summed E-state index contributed by atoms with van der Waals surface area (Å²) in [5.41, 5.74) is 3.52. The molecule has 0 unspecified atom stereocenters. The zero-order valence-electron chi connectivity index (χ0n) is 19.0. The van der Waals surface area contributed by atoms with Crippen molar-refractivity contribution in [1.82, 2.24) is 25.0 Å². The number of hydrogen-bond donors (Lipinski definition) is 1. The van der Waals surface area contributed by atoms with Crippen LogP contribution >= 0.6 is 22.9 Å². The van der Waals surface area contributed by atoms with Crippen LogP contribution in [0.4, 0.5) is 0 Å². The SMILES string of the molecule is Cc1nnc2n1-c1sc3c(c1[C@H](c1ccccc1Cl)NC2)C[C@H](C(=O)N1CC2(CCCO2)C1)C3. The van der Waals surface area contributed by atoms with Crippen LogP contribution in [0.1, 0.15) is 52.1 Å². The fourth-order valence-electron chi connectivity index (χ4n) is 6.20. The minimum Gasteiger partial charge on any atom is -0.371 e. The highest BCUT2D eigenvalue weighted by Crippen LogP contribution is 2.47. The lowest BCUT2D eigenvalue weighted by atomic mass is 9.89. The van der Waals surface area contributed by atoms with Gasteiger partial charge in [-0.1, -0.05) is 29.8 Å². The van der Waals surface area contributed by atoms with Crippen LogP contribution in [0.25, 0.3) is 5.00 Å². The number of nitrogens with zero attached hydrogens (tertiary/aromatic N) is 4. The molecule has 9 heteroatoms. The molecule has 1 aliphatic carbocycles. The van der Waals surface area contributed by atoms with Crippen molar-refractivity contribution in [2.24, 2.45) is 5.92 Å². The van der Waals surface area contributed by atoms with Gasteiger partial charge in [-0.3, -0.25) is 14.7 Å². The van der Waals surface area contributed by atoms with Crippen LogP contribution in [-0.4, -0.2) is 50.9 Å². The Morgan fingerprint density at radius 2 is 2.12 bits per heavy atom. The molecule has 4 aliphatic rings. The predicted molar refractivity (Wildman–Crippen MR) is 130 cm³/mol. The number of rotatable bonds is 2. The summed E-state index contributed by atoms with van der Waals surface area (Å²) in [5, 5.41) is 14.3. The number of aryl methyl sites for hydroxylation is 1. The minimum absolute atomic E-state index is 0.00179. The molecule has 1 spiro atoms. The van der Waals surface area contributed by atoms with Gasteiger partial charge < -0.3 is 9.64 Å². The van der Waals surface area contributed by atoms with E-state index >= 15 is 0 Å². The number of halogens is 1. The summed E-state index contributed by atoms with van der Waals surface area (Å²) in [6.07, 6.45) is 3.75. The van der Waals surface area contributed by atoms with E-state index in [0.717, 1.165) is 72.6 Å². The van der Waals surface area contributed by atoms with E-state index < -0.39 is 0 Å². The highest BCUT2D eigenvalue weighted by Gasteiger charge is 2.50. The maximum atomic E-state index is 13.4. The van der Waals surface area contributed by atoms with Gasteiger partial charge in [-0.25, -0.2) is 0 Å². The van der Waals surface area contributed by atoms with E-state index in [2.05, 4.69) is 26.1 Å². The quantitative estimate of drug-likeness (QED) is 0.588. The Labute approximate surface area is 207 Å². The van der Waals surface area contributed by atoms with Gasteiger partial charge >= 0.3 is 0 Å². The molecular formula is C25H26ClN5O2S. The molecule has 1 amide bonds. The number of nitrogens with one attached hydrogen (secondary N) is 1. The van der Waals surface area contributed by atoms with E-state index in [-0.39, 0.29) is 23.5 Å². The number of carbonyl (C=O) groups excluding carboxylic acids is 1. The normalized spacial score (nSPS) is 24.5. The summed E-state index contributed by atoms with van der Waals surface area (Å²) in [5.74, 6) is 2.06. The Kier molecular flexibility index (Phi) is 4.72. The standard InChI is InChI=1S/C25H26ClN5O2S/c1-14-28-29-20-11-27-22(16-5-2-3-6-18(16)26)21-17-9-15(10-19(17)34-24(21)31(14)20)23(32)30-12-25(13-30)7-4-8-33-25/h2-3,5-6,15,22,27H,4,7-13H2,1H3/t15-,22-/m0/s1. The average Bonchev–Trinajstić information content (AvgIpc) is 3.56. The summed E-state index contributed by atoms with van der Waals surface area (Å²) in [4.78, 5) is 16.7. The van der Waals surface area contributed by atoms with Crippen LogP contribution in [0.3, 0.4) is 0 Å². The Morgan fingerprint density at radius 3 is 2.91 bits per heavy atom. The van der Waals surface area contributed by atoms with Gasteiger partial charge in [0.25, 0.3) is 0 Å². The average molecular weight is 496 g/mol. The van der Waals surface area contributed by atoms with Crippen molar-refractivity contribution in [3.63, 3.8) is 0 Å². The summed E-state index contributed by atoms with van der Waals surface area (Å²) in [6, 6.07) is 7.97. The van der Waals surface area contributed by atoms with E-state index in [9.17, 15) is 4.79 Å². The molecule has 1 N–H and O–H groups in total. The Balaban J connectivity index is 1.25. The molecule has 7 rings (SSSR count). The van der Waals surface area contributed by atoms with Crippen molar-refractivity contribution in [3.05, 3.63) is 62.5 Å². The molecular weight excluding hydrogens is 470 g/mol. The number of ether oxygens (including phenoxy) is 1. The first kappa shape index (κ1) is 21.1. The second kappa shape index (κ2) is 7.62. The van der Waals surface area contributed by atoms with Crippen molar-refractivity contribution in [3.8, 4) is 5.00 Å². The number of carbonyl (C=O) groups is 1. The molecule has 0 saturated carbocycles. The van der Waals surface area contributed by atoms with E-state index in [0.29, 0.717) is 6.54 Å². The second-order valence-corrected chi connectivity index (χ2v) is 11.5. The van der Waals surface area contributed by atoms with Gasteiger partial charge in [-0.15, -0.1) is 21.5 Å². The molecule has 0 radical (unpaired) electrons. The molecule has 2 fully saturated rings. The van der Waals surface area contributed by atoms with Crippen molar-refractivity contribution < 1.29 is 9.53 Å².